The molecule has 0 spiro atoms. The lowest BCUT2D eigenvalue weighted by Gasteiger charge is -2.35. The van der Waals surface area contributed by atoms with Crippen LogP contribution in [0.25, 0.3) is 0 Å². The van der Waals surface area contributed by atoms with Gasteiger partial charge in [-0.1, -0.05) is 39.2 Å². The van der Waals surface area contributed by atoms with Crippen LogP contribution >= 0.6 is 22.6 Å². The first-order valence-corrected chi connectivity index (χ1v) is 8.91. The SMILES string of the molecule is CCNC(c1ccc(F)cc1I)C1CCCC(CC)C1. The van der Waals surface area contributed by atoms with Crippen molar-refractivity contribution in [3.05, 3.63) is 33.1 Å². The summed E-state index contributed by atoms with van der Waals surface area (Å²) in [6, 6.07) is 5.60. The summed E-state index contributed by atoms with van der Waals surface area (Å²) in [7, 11) is 0. The molecular formula is C17H25FIN. The van der Waals surface area contributed by atoms with E-state index in [1.807, 2.05) is 6.07 Å². The number of hydrogen-bond acceptors (Lipinski definition) is 1. The molecule has 3 heteroatoms. The Balaban J connectivity index is 2.21. The standard InChI is InChI=1S/C17H25FIN/c1-3-12-6-5-7-13(10-12)17(20-4-2)15-9-8-14(18)11-16(15)19/h8-9,11-13,17,20H,3-7,10H2,1-2H3. The van der Waals surface area contributed by atoms with Gasteiger partial charge in [0, 0.05) is 9.61 Å². The third kappa shape index (κ3) is 3.94. The molecular weight excluding hydrogens is 364 g/mol. The maximum Gasteiger partial charge on any atom is 0.124 e. The van der Waals surface area contributed by atoms with E-state index in [4.69, 9.17) is 0 Å². The maximum absolute atomic E-state index is 13.3. The van der Waals surface area contributed by atoms with Crippen molar-refractivity contribution in [1.82, 2.24) is 5.32 Å². The smallest absolute Gasteiger partial charge is 0.124 e. The monoisotopic (exact) mass is 389 g/mol. The molecule has 0 amide bonds. The summed E-state index contributed by atoms with van der Waals surface area (Å²) >= 11 is 2.27. The van der Waals surface area contributed by atoms with E-state index in [2.05, 4.69) is 41.8 Å². The minimum absolute atomic E-state index is 0.136. The Morgan fingerprint density at radius 2 is 2.15 bits per heavy atom. The number of nitrogens with one attached hydrogen (secondary N) is 1. The summed E-state index contributed by atoms with van der Waals surface area (Å²) in [5.41, 5.74) is 1.27. The van der Waals surface area contributed by atoms with Gasteiger partial charge in [0.25, 0.3) is 0 Å². The van der Waals surface area contributed by atoms with Crippen LogP contribution in [0.4, 0.5) is 4.39 Å². The van der Waals surface area contributed by atoms with E-state index in [0.29, 0.717) is 12.0 Å². The second-order valence-electron chi connectivity index (χ2n) is 5.90. The van der Waals surface area contributed by atoms with Gasteiger partial charge in [0.2, 0.25) is 0 Å². The number of benzene rings is 1. The lowest BCUT2D eigenvalue weighted by Crippen LogP contribution is -2.32. The minimum atomic E-state index is -0.136. The third-order valence-corrected chi connectivity index (χ3v) is 5.53. The molecule has 3 unspecified atom stereocenters. The zero-order valence-corrected chi connectivity index (χ0v) is 14.6. The Labute approximate surface area is 135 Å². The second-order valence-corrected chi connectivity index (χ2v) is 7.06. The molecule has 3 atom stereocenters. The van der Waals surface area contributed by atoms with Crippen molar-refractivity contribution in [2.24, 2.45) is 11.8 Å². The zero-order chi connectivity index (χ0) is 14.5. The van der Waals surface area contributed by atoms with Crippen LogP contribution in [0.5, 0.6) is 0 Å². The fourth-order valence-corrected chi connectivity index (χ4v) is 4.32. The number of rotatable bonds is 5. The highest BCUT2D eigenvalue weighted by Gasteiger charge is 2.29. The summed E-state index contributed by atoms with van der Waals surface area (Å²) < 4.78 is 14.4. The molecule has 1 aromatic rings. The van der Waals surface area contributed by atoms with Gasteiger partial charge in [-0.15, -0.1) is 0 Å². The molecule has 1 N–H and O–H groups in total. The molecule has 0 aromatic heterocycles. The van der Waals surface area contributed by atoms with Crippen molar-refractivity contribution in [3.8, 4) is 0 Å². The van der Waals surface area contributed by atoms with Crippen LogP contribution in [-0.4, -0.2) is 6.54 Å². The van der Waals surface area contributed by atoms with Gasteiger partial charge in [-0.25, -0.2) is 4.39 Å². The fraction of sp³-hybridized carbons (Fsp3) is 0.647. The fourth-order valence-electron chi connectivity index (χ4n) is 3.51. The van der Waals surface area contributed by atoms with Crippen LogP contribution in [0, 0.1) is 21.2 Å². The highest BCUT2D eigenvalue weighted by atomic mass is 127. The molecule has 1 aliphatic carbocycles. The molecule has 1 fully saturated rings. The van der Waals surface area contributed by atoms with Crippen LogP contribution < -0.4 is 5.32 Å². The lowest BCUT2D eigenvalue weighted by atomic mass is 9.75. The third-order valence-electron chi connectivity index (χ3n) is 4.59. The highest BCUT2D eigenvalue weighted by molar-refractivity contribution is 14.1. The maximum atomic E-state index is 13.3. The van der Waals surface area contributed by atoms with E-state index in [0.717, 1.165) is 16.0 Å². The zero-order valence-electron chi connectivity index (χ0n) is 12.5. The van der Waals surface area contributed by atoms with Crippen molar-refractivity contribution in [3.63, 3.8) is 0 Å². The quantitative estimate of drug-likeness (QED) is 0.675. The van der Waals surface area contributed by atoms with Gasteiger partial charge in [-0.2, -0.15) is 0 Å². The van der Waals surface area contributed by atoms with Crippen molar-refractivity contribution >= 4 is 22.6 Å². The molecule has 1 nitrogen and oxygen atoms in total. The van der Waals surface area contributed by atoms with Gasteiger partial charge in [0.05, 0.1) is 0 Å². The Kier molecular flexibility index (Phi) is 6.27. The number of hydrogen-bond donors (Lipinski definition) is 1. The lowest BCUT2D eigenvalue weighted by molar-refractivity contribution is 0.210. The molecule has 0 bridgehead atoms. The van der Waals surface area contributed by atoms with Gasteiger partial charge >= 0.3 is 0 Å². The van der Waals surface area contributed by atoms with E-state index in [9.17, 15) is 4.39 Å². The molecule has 20 heavy (non-hydrogen) atoms. The van der Waals surface area contributed by atoms with Gasteiger partial charge in [-0.05, 0) is 71.5 Å². The van der Waals surface area contributed by atoms with Gasteiger partial charge in [-0.3, -0.25) is 0 Å². The van der Waals surface area contributed by atoms with Gasteiger partial charge in [0.1, 0.15) is 5.82 Å². The Bertz CT molecular complexity index is 435. The van der Waals surface area contributed by atoms with Crippen LogP contribution in [-0.2, 0) is 0 Å². The van der Waals surface area contributed by atoms with Gasteiger partial charge in [0.15, 0.2) is 0 Å². The highest BCUT2D eigenvalue weighted by Crippen LogP contribution is 2.39. The summed E-state index contributed by atoms with van der Waals surface area (Å²) in [4.78, 5) is 0. The predicted molar refractivity (Wildman–Crippen MR) is 91.3 cm³/mol. The number of halogens is 2. The van der Waals surface area contributed by atoms with Crippen molar-refractivity contribution in [2.45, 2.75) is 52.0 Å². The van der Waals surface area contributed by atoms with Gasteiger partial charge < -0.3 is 5.32 Å². The second kappa shape index (κ2) is 7.74. The average Bonchev–Trinajstić information content (AvgIpc) is 2.45. The first kappa shape index (κ1) is 16.2. The van der Waals surface area contributed by atoms with Crippen LogP contribution in [0.1, 0.15) is 57.6 Å². The first-order chi connectivity index (χ1) is 9.65. The molecule has 1 aliphatic rings. The summed E-state index contributed by atoms with van der Waals surface area (Å²) in [6.07, 6.45) is 6.61. The summed E-state index contributed by atoms with van der Waals surface area (Å²) in [5, 5.41) is 3.65. The van der Waals surface area contributed by atoms with E-state index < -0.39 is 0 Å². The van der Waals surface area contributed by atoms with E-state index in [1.165, 1.54) is 37.7 Å². The predicted octanol–water partition coefficient (Wildman–Crippen LogP) is 5.30. The molecule has 1 saturated carbocycles. The van der Waals surface area contributed by atoms with Crippen molar-refractivity contribution in [2.75, 3.05) is 6.54 Å². The Morgan fingerprint density at radius 1 is 1.35 bits per heavy atom. The molecule has 2 rings (SSSR count). The summed E-state index contributed by atoms with van der Waals surface area (Å²) in [5.74, 6) is 1.42. The minimum Gasteiger partial charge on any atom is -0.310 e. The molecule has 1 aromatic carbocycles. The summed E-state index contributed by atoms with van der Waals surface area (Å²) in [6.45, 7) is 5.42. The van der Waals surface area contributed by atoms with Crippen molar-refractivity contribution < 1.29 is 4.39 Å². The molecule has 0 aliphatic heterocycles. The molecule has 112 valence electrons. The van der Waals surface area contributed by atoms with Crippen LogP contribution in [0.3, 0.4) is 0 Å². The normalized spacial score (nSPS) is 24.6. The Morgan fingerprint density at radius 3 is 2.80 bits per heavy atom. The van der Waals surface area contributed by atoms with Crippen LogP contribution in [0.15, 0.2) is 18.2 Å². The average molecular weight is 389 g/mol. The molecule has 0 heterocycles. The first-order valence-electron chi connectivity index (χ1n) is 7.84. The molecule has 0 saturated heterocycles. The Hall–Kier alpha value is -0.160. The van der Waals surface area contributed by atoms with E-state index in [-0.39, 0.29) is 5.82 Å². The van der Waals surface area contributed by atoms with E-state index in [1.54, 1.807) is 12.1 Å². The molecule has 0 radical (unpaired) electrons. The van der Waals surface area contributed by atoms with E-state index >= 15 is 0 Å². The topological polar surface area (TPSA) is 12.0 Å². The van der Waals surface area contributed by atoms with Crippen molar-refractivity contribution in [1.29, 1.82) is 0 Å². The largest absolute Gasteiger partial charge is 0.310 e. The van der Waals surface area contributed by atoms with Crippen LogP contribution in [0.2, 0.25) is 0 Å².